The number of carbonyl (C=O) groups is 2. The molecule has 4 atom stereocenters. The maximum atomic E-state index is 12.5. The molecule has 2 fully saturated rings. The molecule has 3 rings (SSSR count). The van der Waals surface area contributed by atoms with E-state index < -0.39 is 18.2 Å². The zero-order chi connectivity index (χ0) is 17.6. The molecule has 3 N–H and O–H groups in total. The Hall–Kier alpha value is -1.79. The van der Waals surface area contributed by atoms with Crippen molar-refractivity contribution in [3.05, 3.63) is 28.3 Å². The normalized spacial score (nSPS) is 28.3. The number of nitrogens with one attached hydrogen (secondary N) is 1. The van der Waals surface area contributed by atoms with Gasteiger partial charge in [-0.15, -0.1) is 0 Å². The number of piperidine rings is 1. The van der Waals surface area contributed by atoms with Gasteiger partial charge in [0.15, 0.2) is 0 Å². The minimum absolute atomic E-state index is 0.0969. The second-order valence-electron chi connectivity index (χ2n) is 6.62. The molecule has 1 aromatic rings. The van der Waals surface area contributed by atoms with Gasteiger partial charge in [0, 0.05) is 12.1 Å². The van der Waals surface area contributed by atoms with Crippen LogP contribution in [0.2, 0.25) is 5.02 Å². The van der Waals surface area contributed by atoms with Crippen molar-refractivity contribution in [2.24, 2.45) is 0 Å². The van der Waals surface area contributed by atoms with Gasteiger partial charge in [0.1, 0.15) is 17.8 Å². The van der Waals surface area contributed by atoms with Crippen LogP contribution in [0.1, 0.15) is 36.8 Å². The van der Waals surface area contributed by atoms with Gasteiger partial charge >= 0.3 is 0 Å². The van der Waals surface area contributed by atoms with E-state index in [0.29, 0.717) is 30.0 Å². The van der Waals surface area contributed by atoms with Crippen molar-refractivity contribution in [3.8, 4) is 5.75 Å². The van der Waals surface area contributed by atoms with Crippen molar-refractivity contribution in [2.45, 2.75) is 50.8 Å². The molecule has 6 nitrogen and oxygen atoms in total. The van der Waals surface area contributed by atoms with Crippen LogP contribution in [-0.4, -0.2) is 51.7 Å². The van der Waals surface area contributed by atoms with Crippen molar-refractivity contribution in [1.29, 1.82) is 0 Å². The lowest BCUT2D eigenvalue weighted by Crippen LogP contribution is -2.67. The van der Waals surface area contributed by atoms with Gasteiger partial charge in [-0.05, 0) is 44.2 Å². The highest BCUT2D eigenvalue weighted by molar-refractivity contribution is 6.32. The third-order valence-corrected chi connectivity index (χ3v) is 5.49. The number of phenols is 1. The van der Waals surface area contributed by atoms with Gasteiger partial charge in [0.25, 0.3) is 0 Å². The number of nitrogens with zero attached hydrogens (tertiary/aromatic N) is 1. The predicted molar refractivity (Wildman–Crippen MR) is 88.9 cm³/mol. The maximum absolute atomic E-state index is 12.5. The first-order valence-electron chi connectivity index (χ1n) is 8.08. The van der Waals surface area contributed by atoms with Gasteiger partial charge in [-0.1, -0.05) is 17.7 Å². The zero-order valence-electron chi connectivity index (χ0n) is 13.6. The molecule has 2 aliphatic heterocycles. The van der Waals surface area contributed by atoms with Gasteiger partial charge in [-0.2, -0.15) is 0 Å². The molecule has 2 heterocycles. The molecule has 0 aliphatic carbocycles. The number of piperazine rings is 1. The molecule has 0 saturated carbocycles. The molecule has 0 bridgehead atoms. The SMILES string of the molecule is Cc1ccc(O)c(C2CCN3C(=O)C(C(C)O)NC(=O)C3C2)c1Cl. The quantitative estimate of drug-likeness (QED) is 0.748. The van der Waals surface area contributed by atoms with E-state index in [4.69, 9.17) is 11.6 Å². The number of halogens is 1. The first-order chi connectivity index (χ1) is 11.3. The van der Waals surface area contributed by atoms with Crippen LogP contribution < -0.4 is 5.32 Å². The lowest BCUT2D eigenvalue weighted by Gasteiger charge is -2.44. The Morgan fingerprint density at radius 3 is 2.75 bits per heavy atom. The van der Waals surface area contributed by atoms with Crippen molar-refractivity contribution in [1.82, 2.24) is 10.2 Å². The minimum Gasteiger partial charge on any atom is -0.508 e. The van der Waals surface area contributed by atoms with E-state index >= 15 is 0 Å². The summed E-state index contributed by atoms with van der Waals surface area (Å²) in [6.07, 6.45) is 0.0787. The number of aliphatic hydroxyl groups excluding tert-OH is 1. The summed E-state index contributed by atoms with van der Waals surface area (Å²) in [6, 6.07) is 1.88. The number of aliphatic hydroxyl groups is 1. The highest BCUT2D eigenvalue weighted by atomic mass is 35.5. The summed E-state index contributed by atoms with van der Waals surface area (Å²) in [7, 11) is 0. The molecule has 2 amide bonds. The van der Waals surface area contributed by atoms with Crippen LogP contribution in [0.25, 0.3) is 0 Å². The molecule has 4 unspecified atom stereocenters. The van der Waals surface area contributed by atoms with Gasteiger partial charge in [0.2, 0.25) is 11.8 Å². The Bertz CT molecular complexity index is 691. The second-order valence-corrected chi connectivity index (χ2v) is 7.00. The van der Waals surface area contributed by atoms with Crippen LogP contribution >= 0.6 is 11.6 Å². The maximum Gasteiger partial charge on any atom is 0.248 e. The molecule has 0 radical (unpaired) electrons. The van der Waals surface area contributed by atoms with Crippen LogP contribution in [0.3, 0.4) is 0 Å². The lowest BCUT2D eigenvalue weighted by molar-refractivity contribution is -0.154. The smallest absolute Gasteiger partial charge is 0.248 e. The van der Waals surface area contributed by atoms with E-state index in [-0.39, 0.29) is 23.5 Å². The third-order valence-electron chi connectivity index (χ3n) is 4.99. The summed E-state index contributed by atoms with van der Waals surface area (Å²) in [4.78, 5) is 26.4. The second kappa shape index (κ2) is 6.26. The van der Waals surface area contributed by atoms with Crippen LogP contribution in [0, 0.1) is 6.92 Å². The molecule has 130 valence electrons. The molecular formula is C17H21ClN2O4. The van der Waals surface area contributed by atoms with Crippen LogP contribution in [0.4, 0.5) is 0 Å². The molecule has 1 aromatic carbocycles. The molecule has 2 saturated heterocycles. The number of phenolic OH excluding ortho intramolecular Hbond substituents is 1. The highest BCUT2D eigenvalue weighted by Crippen LogP contribution is 2.42. The molecular weight excluding hydrogens is 332 g/mol. The summed E-state index contributed by atoms with van der Waals surface area (Å²) < 4.78 is 0. The predicted octanol–water partition coefficient (Wildman–Crippen LogP) is 1.31. The van der Waals surface area contributed by atoms with E-state index in [1.165, 1.54) is 11.8 Å². The number of fused-ring (bicyclic) bond motifs is 1. The highest BCUT2D eigenvalue weighted by Gasteiger charge is 2.45. The number of hydrogen-bond donors (Lipinski definition) is 3. The Morgan fingerprint density at radius 1 is 1.38 bits per heavy atom. The fourth-order valence-corrected chi connectivity index (χ4v) is 3.95. The van der Waals surface area contributed by atoms with Crippen molar-refractivity contribution in [2.75, 3.05) is 6.54 Å². The largest absolute Gasteiger partial charge is 0.508 e. The zero-order valence-corrected chi connectivity index (χ0v) is 14.4. The van der Waals surface area contributed by atoms with Crippen molar-refractivity contribution in [3.63, 3.8) is 0 Å². The number of aryl methyl sites for hydroxylation is 1. The summed E-state index contributed by atoms with van der Waals surface area (Å²) in [5.41, 5.74) is 1.51. The first-order valence-corrected chi connectivity index (χ1v) is 8.46. The van der Waals surface area contributed by atoms with Crippen molar-refractivity contribution >= 4 is 23.4 Å². The van der Waals surface area contributed by atoms with Gasteiger partial charge < -0.3 is 20.4 Å². The molecule has 0 aromatic heterocycles. The average Bonchev–Trinajstić information content (AvgIpc) is 2.54. The van der Waals surface area contributed by atoms with E-state index in [9.17, 15) is 19.8 Å². The molecule has 2 aliphatic rings. The Balaban J connectivity index is 1.87. The van der Waals surface area contributed by atoms with E-state index in [1.807, 2.05) is 6.92 Å². The molecule has 0 spiro atoms. The molecule has 7 heteroatoms. The Labute approximate surface area is 145 Å². The molecule has 24 heavy (non-hydrogen) atoms. The van der Waals surface area contributed by atoms with E-state index in [1.54, 1.807) is 12.1 Å². The topological polar surface area (TPSA) is 89.9 Å². The third kappa shape index (κ3) is 2.74. The number of hydrogen-bond acceptors (Lipinski definition) is 4. The summed E-state index contributed by atoms with van der Waals surface area (Å²) in [5.74, 6) is -0.505. The fraction of sp³-hybridized carbons (Fsp3) is 0.529. The number of benzene rings is 1. The average molecular weight is 353 g/mol. The Kier molecular flexibility index (Phi) is 4.44. The first kappa shape index (κ1) is 17.0. The number of rotatable bonds is 2. The van der Waals surface area contributed by atoms with Gasteiger partial charge in [-0.25, -0.2) is 0 Å². The van der Waals surface area contributed by atoms with Crippen LogP contribution in [-0.2, 0) is 9.59 Å². The summed E-state index contributed by atoms with van der Waals surface area (Å²) >= 11 is 6.36. The summed E-state index contributed by atoms with van der Waals surface area (Å²) in [5, 5.41) is 23.0. The van der Waals surface area contributed by atoms with Crippen molar-refractivity contribution < 1.29 is 19.8 Å². The van der Waals surface area contributed by atoms with E-state index in [0.717, 1.165) is 5.56 Å². The Morgan fingerprint density at radius 2 is 2.08 bits per heavy atom. The van der Waals surface area contributed by atoms with Gasteiger partial charge in [0.05, 0.1) is 11.1 Å². The minimum atomic E-state index is -0.935. The number of aromatic hydroxyl groups is 1. The van der Waals surface area contributed by atoms with Crippen LogP contribution in [0.5, 0.6) is 5.75 Å². The summed E-state index contributed by atoms with van der Waals surface area (Å²) in [6.45, 7) is 3.75. The monoisotopic (exact) mass is 352 g/mol. The fourth-order valence-electron chi connectivity index (χ4n) is 3.64. The van der Waals surface area contributed by atoms with Gasteiger partial charge in [-0.3, -0.25) is 9.59 Å². The van der Waals surface area contributed by atoms with Crippen LogP contribution in [0.15, 0.2) is 12.1 Å². The van der Waals surface area contributed by atoms with E-state index in [2.05, 4.69) is 5.32 Å². The lowest BCUT2D eigenvalue weighted by atomic mass is 9.82. The standard InChI is InChI=1S/C17H21ClN2O4/c1-8-3-4-12(22)13(14(8)18)10-5-6-20-11(7-10)16(23)19-15(9(2)21)17(20)24/h3-4,9-11,15,21-22H,5-7H2,1-2H3,(H,19,23). The number of amides is 2. The number of carbonyl (C=O) groups excluding carboxylic acids is 2.